The highest BCUT2D eigenvalue weighted by atomic mass is 14.8. The molecule has 17 heavy (non-hydrogen) atoms. The Morgan fingerprint density at radius 1 is 1.35 bits per heavy atom. The van der Waals surface area contributed by atoms with Crippen molar-refractivity contribution in [3.63, 3.8) is 0 Å². The maximum absolute atomic E-state index is 7.41. The number of aromatic nitrogens is 1. The van der Waals surface area contributed by atoms with Gasteiger partial charge in [0.1, 0.15) is 0 Å². The zero-order chi connectivity index (χ0) is 12.4. The second-order valence-electron chi connectivity index (χ2n) is 4.17. The summed E-state index contributed by atoms with van der Waals surface area (Å²) in [5.74, 6) is 0. The van der Waals surface area contributed by atoms with E-state index in [0.717, 1.165) is 16.7 Å². The van der Waals surface area contributed by atoms with E-state index >= 15 is 0 Å². The van der Waals surface area contributed by atoms with Gasteiger partial charge in [-0.25, -0.2) is 0 Å². The quantitative estimate of drug-likeness (QED) is 0.694. The minimum Gasteiger partial charge on any atom is -0.393 e. The molecule has 0 radical (unpaired) electrons. The largest absolute Gasteiger partial charge is 0.393 e. The summed E-state index contributed by atoms with van der Waals surface area (Å²) in [6.45, 7) is 4.20. The van der Waals surface area contributed by atoms with Crippen molar-refractivity contribution in [2.45, 2.75) is 13.8 Å². The zero-order valence-corrected chi connectivity index (χ0v) is 10.4. The second kappa shape index (κ2) is 4.45. The van der Waals surface area contributed by atoms with Crippen LogP contribution in [0.4, 0.5) is 0 Å². The van der Waals surface area contributed by atoms with Crippen molar-refractivity contribution in [2.24, 2.45) is 0 Å². The molecule has 0 saturated carbocycles. The summed E-state index contributed by atoms with van der Waals surface area (Å²) in [7, 11) is 1.84. The number of hydrogen-bond donors (Lipinski definition) is 3. The molecular formula is C14H17N3. The molecule has 0 saturated heterocycles. The fourth-order valence-corrected chi connectivity index (χ4v) is 2.02. The van der Waals surface area contributed by atoms with Crippen LogP contribution in [-0.4, -0.2) is 18.2 Å². The van der Waals surface area contributed by atoms with E-state index in [9.17, 15) is 0 Å². The van der Waals surface area contributed by atoms with Crippen molar-refractivity contribution in [1.82, 2.24) is 10.3 Å². The number of benzene rings is 1. The number of aryl methyl sites for hydroxylation is 2. The highest BCUT2D eigenvalue weighted by Gasteiger charge is 2.06. The van der Waals surface area contributed by atoms with Gasteiger partial charge in [0, 0.05) is 41.6 Å². The summed E-state index contributed by atoms with van der Waals surface area (Å²) in [4.78, 5) is 3.37. The van der Waals surface area contributed by atoms with Gasteiger partial charge in [0.05, 0.1) is 0 Å². The van der Waals surface area contributed by atoms with Crippen LogP contribution in [0.25, 0.3) is 16.5 Å². The molecule has 0 aliphatic carbocycles. The molecule has 0 aliphatic heterocycles. The number of aromatic amines is 1. The first kappa shape index (κ1) is 11.5. The summed E-state index contributed by atoms with van der Waals surface area (Å²) < 4.78 is 0. The molecule has 0 aliphatic rings. The maximum atomic E-state index is 7.41. The van der Waals surface area contributed by atoms with Crippen LogP contribution < -0.4 is 5.32 Å². The lowest BCUT2D eigenvalue weighted by molar-refractivity contribution is 1.11. The van der Waals surface area contributed by atoms with Crippen LogP contribution in [0.2, 0.25) is 0 Å². The van der Waals surface area contributed by atoms with Gasteiger partial charge in [-0.1, -0.05) is 12.1 Å². The molecule has 0 atom stereocenters. The Labute approximate surface area is 101 Å². The van der Waals surface area contributed by atoms with E-state index in [4.69, 9.17) is 5.41 Å². The Bertz CT molecular complexity index is 591. The lowest BCUT2D eigenvalue weighted by Crippen LogP contribution is -1.97. The van der Waals surface area contributed by atoms with Gasteiger partial charge in [-0.2, -0.15) is 0 Å². The molecule has 3 N–H and O–H groups in total. The number of rotatable bonds is 3. The highest BCUT2D eigenvalue weighted by molar-refractivity contribution is 6.09. The monoisotopic (exact) mass is 227 g/mol. The van der Waals surface area contributed by atoms with Crippen LogP contribution >= 0.6 is 0 Å². The van der Waals surface area contributed by atoms with E-state index in [1.807, 2.05) is 13.2 Å². The average Bonchev–Trinajstić information content (AvgIpc) is 2.61. The summed E-state index contributed by atoms with van der Waals surface area (Å²) in [5.41, 5.74) is 5.54. The lowest BCUT2D eigenvalue weighted by Gasteiger charge is -2.02. The average molecular weight is 227 g/mol. The molecule has 0 amide bonds. The van der Waals surface area contributed by atoms with Gasteiger partial charge in [-0.3, -0.25) is 0 Å². The molecule has 3 nitrogen and oxygen atoms in total. The smallest absolute Gasteiger partial charge is 0.0465 e. The van der Waals surface area contributed by atoms with Crippen LogP contribution in [-0.2, 0) is 0 Å². The number of fused-ring (bicyclic) bond motifs is 1. The number of allylic oxidation sites excluding steroid dienone is 1. The van der Waals surface area contributed by atoms with Gasteiger partial charge < -0.3 is 15.7 Å². The van der Waals surface area contributed by atoms with Crippen molar-refractivity contribution < 1.29 is 0 Å². The van der Waals surface area contributed by atoms with Crippen molar-refractivity contribution in [2.75, 3.05) is 7.05 Å². The molecule has 0 fully saturated rings. The van der Waals surface area contributed by atoms with Crippen LogP contribution in [0.1, 0.15) is 16.8 Å². The Kier molecular flexibility index (Phi) is 3.00. The molecule has 3 heteroatoms. The molecule has 88 valence electrons. The molecule has 0 bridgehead atoms. The minimum atomic E-state index is 0.874. The van der Waals surface area contributed by atoms with Crippen molar-refractivity contribution in [3.05, 3.63) is 41.2 Å². The van der Waals surface area contributed by atoms with Crippen LogP contribution in [0.3, 0.4) is 0 Å². The third kappa shape index (κ3) is 1.96. The first-order valence-electron chi connectivity index (χ1n) is 5.64. The highest BCUT2D eigenvalue weighted by Crippen LogP contribution is 2.24. The van der Waals surface area contributed by atoms with Crippen molar-refractivity contribution in [3.8, 4) is 0 Å². The summed E-state index contributed by atoms with van der Waals surface area (Å²) in [6.07, 6.45) is 3.19. The Balaban J connectivity index is 2.58. The van der Waals surface area contributed by atoms with Gasteiger partial charge in [0.2, 0.25) is 0 Å². The second-order valence-corrected chi connectivity index (χ2v) is 4.17. The molecule has 0 unspecified atom stereocenters. The minimum absolute atomic E-state index is 0.874. The molecule has 2 aromatic rings. The molecule has 1 heterocycles. The molecule has 0 spiro atoms. The number of H-pyrrole nitrogens is 1. The normalized spacial score (nSPS) is 11.8. The SMILES string of the molecule is CN/C=C(\C=N)c1ccc2c(C)c(C)[nH]c2c1. The Morgan fingerprint density at radius 3 is 2.76 bits per heavy atom. The topological polar surface area (TPSA) is 51.7 Å². The third-order valence-electron chi connectivity index (χ3n) is 3.10. The third-order valence-corrected chi connectivity index (χ3v) is 3.10. The van der Waals surface area contributed by atoms with Gasteiger partial charge in [0.25, 0.3) is 0 Å². The van der Waals surface area contributed by atoms with Gasteiger partial charge in [0.15, 0.2) is 0 Å². The Morgan fingerprint density at radius 2 is 2.12 bits per heavy atom. The first-order valence-corrected chi connectivity index (χ1v) is 5.64. The van der Waals surface area contributed by atoms with Crippen molar-refractivity contribution >= 4 is 22.7 Å². The van der Waals surface area contributed by atoms with E-state index in [0.29, 0.717) is 0 Å². The molecular weight excluding hydrogens is 210 g/mol. The van der Waals surface area contributed by atoms with Crippen LogP contribution in [0, 0.1) is 19.3 Å². The van der Waals surface area contributed by atoms with Gasteiger partial charge in [-0.15, -0.1) is 0 Å². The molecule has 1 aromatic heterocycles. The lowest BCUT2D eigenvalue weighted by atomic mass is 10.0. The number of hydrogen-bond acceptors (Lipinski definition) is 2. The molecule has 1 aromatic carbocycles. The van der Waals surface area contributed by atoms with E-state index in [2.05, 4.69) is 42.3 Å². The maximum Gasteiger partial charge on any atom is 0.0465 e. The van der Waals surface area contributed by atoms with Gasteiger partial charge in [-0.05, 0) is 31.0 Å². The standard InChI is InChI=1S/C14H17N3/c1-9-10(2)17-14-6-11(4-5-13(9)14)12(7-15)8-16-3/h4-8,15-17H,1-3H3/b12-8+,15-7?. The van der Waals surface area contributed by atoms with Gasteiger partial charge >= 0.3 is 0 Å². The Hall–Kier alpha value is -2.03. The molecule has 2 rings (SSSR count). The first-order chi connectivity index (χ1) is 8.17. The number of nitrogens with one attached hydrogen (secondary N) is 3. The van der Waals surface area contributed by atoms with Crippen LogP contribution in [0.5, 0.6) is 0 Å². The summed E-state index contributed by atoms with van der Waals surface area (Å²) in [6, 6.07) is 6.25. The predicted molar refractivity (Wildman–Crippen MR) is 73.6 cm³/mol. The van der Waals surface area contributed by atoms with E-state index < -0.39 is 0 Å². The van der Waals surface area contributed by atoms with Crippen LogP contribution in [0.15, 0.2) is 24.4 Å². The van der Waals surface area contributed by atoms with E-state index in [1.165, 1.54) is 22.9 Å². The zero-order valence-electron chi connectivity index (χ0n) is 10.4. The summed E-state index contributed by atoms with van der Waals surface area (Å²) >= 11 is 0. The van der Waals surface area contributed by atoms with Crippen molar-refractivity contribution in [1.29, 1.82) is 5.41 Å². The predicted octanol–water partition coefficient (Wildman–Crippen LogP) is 2.99. The fourth-order valence-electron chi connectivity index (χ4n) is 2.02. The summed E-state index contributed by atoms with van der Waals surface area (Å²) in [5, 5.41) is 11.6. The van der Waals surface area contributed by atoms with E-state index in [-0.39, 0.29) is 0 Å². The van der Waals surface area contributed by atoms with E-state index in [1.54, 1.807) is 0 Å². The fraction of sp³-hybridized carbons (Fsp3) is 0.214.